The first kappa shape index (κ1) is 17.1. The van der Waals surface area contributed by atoms with E-state index in [0.717, 1.165) is 23.3 Å². The predicted molar refractivity (Wildman–Crippen MR) is 90.9 cm³/mol. The number of nitrogens with one attached hydrogen (secondary N) is 1. The third-order valence-electron chi connectivity index (χ3n) is 4.36. The lowest BCUT2D eigenvalue weighted by molar-refractivity contribution is -0.126. The Kier molecular flexibility index (Phi) is 5.63. The largest absolute Gasteiger partial charge is 0.447 e. The molecule has 3 rings (SSSR count). The zero-order valence-corrected chi connectivity index (χ0v) is 14.5. The molecule has 2 aliphatic rings. The molecule has 1 aromatic carbocycles. The van der Waals surface area contributed by atoms with E-state index >= 15 is 0 Å². The van der Waals surface area contributed by atoms with Crippen molar-refractivity contribution in [1.29, 1.82) is 0 Å². The van der Waals surface area contributed by atoms with Crippen molar-refractivity contribution in [2.75, 3.05) is 26.1 Å². The summed E-state index contributed by atoms with van der Waals surface area (Å²) in [6.07, 6.45) is 3.20. The summed E-state index contributed by atoms with van der Waals surface area (Å²) in [5.41, 5.74) is 0.982. The maximum atomic E-state index is 12.5. The smallest absolute Gasteiger partial charge is 0.410 e. The lowest BCUT2D eigenvalue weighted by Gasteiger charge is -2.26. The van der Waals surface area contributed by atoms with Gasteiger partial charge in [0.05, 0.1) is 6.54 Å². The first-order valence-electron chi connectivity index (χ1n) is 8.12. The number of amides is 2. The Labute approximate surface area is 145 Å². The number of cyclic esters (lactones) is 1. The second-order valence-corrected chi connectivity index (χ2v) is 6.84. The first-order chi connectivity index (χ1) is 11.7. The SMILES string of the molecule is CSc1ccc(CN2C(=O)OC[C@H]2C(=O)NC2CCOCC2)cc1. The maximum absolute atomic E-state index is 12.5. The summed E-state index contributed by atoms with van der Waals surface area (Å²) in [4.78, 5) is 27.2. The van der Waals surface area contributed by atoms with Gasteiger partial charge >= 0.3 is 6.09 Å². The highest BCUT2D eigenvalue weighted by atomic mass is 32.2. The summed E-state index contributed by atoms with van der Waals surface area (Å²) >= 11 is 1.67. The van der Waals surface area contributed by atoms with Gasteiger partial charge in [-0.1, -0.05) is 12.1 Å². The van der Waals surface area contributed by atoms with Gasteiger partial charge in [0.1, 0.15) is 12.6 Å². The van der Waals surface area contributed by atoms with Crippen LogP contribution in [0.4, 0.5) is 4.79 Å². The van der Waals surface area contributed by atoms with E-state index in [1.807, 2.05) is 30.5 Å². The monoisotopic (exact) mass is 350 g/mol. The van der Waals surface area contributed by atoms with E-state index in [-0.39, 0.29) is 18.6 Å². The molecule has 2 saturated heterocycles. The van der Waals surface area contributed by atoms with Gasteiger partial charge in [-0.15, -0.1) is 11.8 Å². The van der Waals surface area contributed by atoms with Gasteiger partial charge in [-0.05, 0) is 36.8 Å². The lowest BCUT2D eigenvalue weighted by atomic mass is 10.1. The molecule has 0 bridgehead atoms. The third-order valence-corrected chi connectivity index (χ3v) is 5.10. The molecule has 0 spiro atoms. The molecule has 2 amide bonds. The number of hydrogen-bond acceptors (Lipinski definition) is 5. The van der Waals surface area contributed by atoms with Crippen molar-refractivity contribution in [1.82, 2.24) is 10.2 Å². The Balaban J connectivity index is 1.63. The molecule has 6 nitrogen and oxygen atoms in total. The van der Waals surface area contributed by atoms with Gasteiger partial charge in [-0.3, -0.25) is 9.69 Å². The van der Waals surface area contributed by atoms with Crippen LogP contribution in [0.5, 0.6) is 0 Å². The summed E-state index contributed by atoms with van der Waals surface area (Å²) in [5, 5.41) is 3.02. The number of rotatable bonds is 5. The summed E-state index contributed by atoms with van der Waals surface area (Å²) in [7, 11) is 0. The Hall–Kier alpha value is -1.73. The van der Waals surface area contributed by atoms with Crippen molar-refractivity contribution < 1.29 is 19.1 Å². The van der Waals surface area contributed by atoms with Crippen molar-refractivity contribution >= 4 is 23.8 Å². The van der Waals surface area contributed by atoms with E-state index in [9.17, 15) is 9.59 Å². The van der Waals surface area contributed by atoms with E-state index in [1.165, 1.54) is 4.90 Å². The molecule has 2 aliphatic heterocycles. The van der Waals surface area contributed by atoms with Crippen molar-refractivity contribution in [2.24, 2.45) is 0 Å². The average Bonchev–Trinajstić information content (AvgIpc) is 2.97. The van der Waals surface area contributed by atoms with Gasteiger partial charge in [-0.25, -0.2) is 4.79 Å². The Bertz CT molecular complexity index is 587. The van der Waals surface area contributed by atoms with Crippen LogP contribution in [0.15, 0.2) is 29.2 Å². The highest BCUT2D eigenvalue weighted by Crippen LogP contribution is 2.20. The molecule has 7 heteroatoms. The number of benzene rings is 1. The molecular weight excluding hydrogens is 328 g/mol. The van der Waals surface area contributed by atoms with Crippen LogP contribution >= 0.6 is 11.8 Å². The molecule has 24 heavy (non-hydrogen) atoms. The molecule has 1 atom stereocenters. The number of carbonyl (C=O) groups excluding carboxylic acids is 2. The first-order valence-corrected chi connectivity index (χ1v) is 9.34. The zero-order valence-electron chi connectivity index (χ0n) is 13.7. The zero-order chi connectivity index (χ0) is 16.9. The minimum atomic E-state index is -0.569. The van der Waals surface area contributed by atoms with Crippen LogP contribution in [0.1, 0.15) is 18.4 Å². The summed E-state index contributed by atoms with van der Waals surface area (Å²) in [6.45, 7) is 1.81. The molecule has 1 aromatic rings. The number of thioether (sulfide) groups is 1. The lowest BCUT2D eigenvalue weighted by Crippen LogP contribution is -2.49. The minimum Gasteiger partial charge on any atom is -0.447 e. The number of hydrogen-bond donors (Lipinski definition) is 1. The van der Waals surface area contributed by atoms with Crippen LogP contribution in [0.25, 0.3) is 0 Å². The summed E-state index contributed by atoms with van der Waals surface area (Å²) in [5.74, 6) is -0.145. The Morgan fingerprint density at radius 2 is 2.00 bits per heavy atom. The molecule has 1 N–H and O–H groups in total. The van der Waals surface area contributed by atoms with Crippen LogP contribution in [-0.2, 0) is 20.8 Å². The van der Waals surface area contributed by atoms with Crippen LogP contribution in [0.3, 0.4) is 0 Å². The standard InChI is InChI=1S/C17H22N2O4S/c1-24-14-4-2-12(3-5-14)10-19-15(11-23-17(19)21)16(20)18-13-6-8-22-9-7-13/h2-5,13,15H,6-11H2,1H3,(H,18,20)/t15-/m0/s1. The molecular formula is C17H22N2O4S. The number of ether oxygens (including phenoxy) is 2. The maximum Gasteiger partial charge on any atom is 0.410 e. The molecule has 0 unspecified atom stereocenters. The van der Waals surface area contributed by atoms with Crippen molar-refractivity contribution in [3.63, 3.8) is 0 Å². The van der Waals surface area contributed by atoms with Gasteiger partial charge in [-0.2, -0.15) is 0 Å². The van der Waals surface area contributed by atoms with E-state index in [2.05, 4.69) is 5.32 Å². The van der Waals surface area contributed by atoms with Gasteiger partial charge in [0.25, 0.3) is 0 Å². The third kappa shape index (κ3) is 4.02. The molecule has 0 aliphatic carbocycles. The fourth-order valence-electron chi connectivity index (χ4n) is 2.91. The van der Waals surface area contributed by atoms with Crippen molar-refractivity contribution in [3.05, 3.63) is 29.8 Å². The average molecular weight is 350 g/mol. The summed E-state index contributed by atoms with van der Waals surface area (Å²) in [6, 6.07) is 7.53. The Morgan fingerprint density at radius 1 is 1.29 bits per heavy atom. The van der Waals surface area contributed by atoms with E-state index in [1.54, 1.807) is 11.8 Å². The number of nitrogens with zero attached hydrogens (tertiary/aromatic N) is 1. The molecule has 0 saturated carbocycles. The van der Waals surface area contributed by atoms with Crippen LogP contribution < -0.4 is 5.32 Å². The van der Waals surface area contributed by atoms with Gasteiger partial charge in [0.15, 0.2) is 0 Å². The van der Waals surface area contributed by atoms with Crippen molar-refractivity contribution in [3.8, 4) is 0 Å². The minimum absolute atomic E-state index is 0.108. The van der Waals surface area contributed by atoms with Crippen LogP contribution in [0, 0.1) is 0 Å². The molecule has 2 fully saturated rings. The van der Waals surface area contributed by atoms with E-state index in [4.69, 9.17) is 9.47 Å². The molecule has 0 aromatic heterocycles. The molecule has 2 heterocycles. The Morgan fingerprint density at radius 3 is 2.67 bits per heavy atom. The fourth-order valence-corrected chi connectivity index (χ4v) is 3.32. The highest BCUT2D eigenvalue weighted by Gasteiger charge is 2.38. The number of carbonyl (C=O) groups is 2. The van der Waals surface area contributed by atoms with Gasteiger partial charge in [0.2, 0.25) is 5.91 Å². The predicted octanol–water partition coefficient (Wildman–Crippen LogP) is 2.02. The van der Waals surface area contributed by atoms with E-state index in [0.29, 0.717) is 19.8 Å². The van der Waals surface area contributed by atoms with E-state index < -0.39 is 12.1 Å². The highest BCUT2D eigenvalue weighted by molar-refractivity contribution is 7.98. The summed E-state index contributed by atoms with van der Waals surface area (Å²) < 4.78 is 10.4. The van der Waals surface area contributed by atoms with Gasteiger partial charge < -0.3 is 14.8 Å². The quantitative estimate of drug-likeness (QED) is 0.823. The van der Waals surface area contributed by atoms with Crippen molar-refractivity contribution in [2.45, 2.75) is 36.4 Å². The normalized spacial score (nSPS) is 21.6. The second kappa shape index (κ2) is 7.90. The molecule has 0 radical (unpaired) electrons. The topological polar surface area (TPSA) is 67.9 Å². The van der Waals surface area contributed by atoms with Crippen LogP contribution in [-0.4, -0.2) is 55.1 Å². The fraction of sp³-hybridized carbons (Fsp3) is 0.529. The van der Waals surface area contributed by atoms with Gasteiger partial charge in [0, 0.05) is 24.2 Å². The van der Waals surface area contributed by atoms with Crippen LogP contribution in [0.2, 0.25) is 0 Å². The molecule has 130 valence electrons. The second-order valence-electron chi connectivity index (χ2n) is 5.96.